The van der Waals surface area contributed by atoms with Crippen molar-refractivity contribution in [2.75, 3.05) is 31.3 Å². The van der Waals surface area contributed by atoms with Crippen molar-refractivity contribution in [1.82, 2.24) is 4.98 Å². The molecule has 0 bridgehead atoms. The molecule has 2 rings (SSSR count). The van der Waals surface area contributed by atoms with Crippen molar-refractivity contribution >= 4 is 36.5 Å². The van der Waals surface area contributed by atoms with Gasteiger partial charge in [-0.15, -0.1) is 0 Å². The van der Waals surface area contributed by atoms with Gasteiger partial charge in [0, 0.05) is 13.7 Å². The van der Waals surface area contributed by atoms with Gasteiger partial charge in [-0.3, -0.25) is 0 Å². The second-order valence-corrected chi connectivity index (χ2v) is 7.28. The van der Waals surface area contributed by atoms with E-state index in [1.54, 1.807) is 32.2 Å². The molecule has 0 saturated carbocycles. The number of sulfone groups is 1. The number of nitrogens with zero attached hydrogens (tertiary/aromatic N) is 1. The van der Waals surface area contributed by atoms with Crippen LogP contribution in [0.5, 0.6) is 0 Å². The highest BCUT2D eigenvalue weighted by Gasteiger charge is 2.13. The van der Waals surface area contributed by atoms with Crippen LogP contribution in [0, 0.1) is 0 Å². The van der Waals surface area contributed by atoms with Crippen molar-refractivity contribution < 1.29 is 13.2 Å². The molecule has 0 spiro atoms. The van der Waals surface area contributed by atoms with Gasteiger partial charge in [0.25, 0.3) is 0 Å². The molecule has 19 heavy (non-hydrogen) atoms. The van der Waals surface area contributed by atoms with Crippen molar-refractivity contribution in [3.63, 3.8) is 0 Å². The first-order valence-corrected chi connectivity index (χ1v) is 8.40. The quantitative estimate of drug-likeness (QED) is 0.828. The van der Waals surface area contributed by atoms with E-state index >= 15 is 0 Å². The molecule has 1 N–H and O–H groups in total. The van der Waals surface area contributed by atoms with Crippen molar-refractivity contribution in [3.05, 3.63) is 18.2 Å². The number of anilines is 1. The summed E-state index contributed by atoms with van der Waals surface area (Å²) >= 11 is 1.45. The van der Waals surface area contributed by atoms with E-state index < -0.39 is 9.84 Å². The molecule has 0 aliphatic carbocycles. The van der Waals surface area contributed by atoms with E-state index in [1.165, 1.54) is 11.3 Å². The summed E-state index contributed by atoms with van der Waals surface area (Å²) in [6, 6.07) is 5.04. The van der Waals surface area contributed by atoms with Gasteiger partial charge < -0.3 is 10.1 Å². The van der Waals surface area contributed by atoms with Gasteiger partial charge in [-0.2, -0.15) is 0 Å². The molecule has 0 aliphatic rings. The molecule has 0 atom stereocenters. The van der Waals surface area contributed by atoms with E-state index in [0.717, 1.165) is 15.3 Å². The maximum Gasteiger partial charge on any atom is 0.183 e. The number of hydrogen-bond donors (Lipinski definition) is 1. The lowest BCUT2D eigenvalue weighted by atomic mass is 10.3. The smallest absolute Gasteiger partial charge is 0.183 e. The Labute approximate surface area is 116 Å². The summed E-state index contributed by atoms with van der Waals surface area (Å²) in [5.74, 6) is 0.107. The number of aromatic nitrogens is 1. The van der Waals surface area contributed by atoms with E-state index in [0.29, 0.717) is 18.0 Å². The second-order valence-electron chi connectivity index (χ2n) is 3.97. The van der Waals surface area contributed by atoms with Crippen LogP contribution in [0.2, 0.25) is 0 Å². The molecule has 7 heteroatoms. The lowest BCUT2D eigenvalue weighted by Crippen LogP contribution is -2.06. The Hall–Kier alpha value is -1.18. The molecule has 2 aromatic rings. The number of benzene rings is 1. The molecule has 0 radical (unpaired) electrons. The summed E-state index contributed by atoms with van der Waals surface area (Å²) in [5, 5.41) is 3.92. The summed E-state index contributed by atoms with van der Waals surface area (Å²) < 4.78 is 29.4. The molecule has 1 heterocycles. The lowest BCUT2D eigenvalue weighted by molar-refractivity contribution is 0.211. The van der Waals surface area contributed by atoms with Gasteiger partial charge in [-0.1, -0.05) is 18.3 Å². The van der Waals surface area contributed by atoms with Crippen molar-refractivity contribution in [1.29, 1.82) is 0 Å². The molecular weight excluding hydrogens is 284 g/mol. The van der Waals surface area contributed by atoms with Crippen LogP contribution in [0.1, 0.15) is 6.92 Å². The normalized spacial score (nSPS) is 11.9. The summed E-state index contributed by atoms with van der Waals surface area (Å²) in [7, 11) is -1.52. The third-order valence-electron chi connectivity index (χ3n) is 2.68. The number of nitrogens with one attached hydrogen (secondary N) is 1. The molecule has 1 aromatic carbocycles. The Balaban J connectivity index is 2.28. The maximum absolute atomic E-state index is 11.8. The highest BCUT2D eigenvalue weighted by Crippen LogP contribution is 2.28. The Morgan fingerprint density at radius 1 is 1.42 bits per heavy atom. The van der Waals surface area contributed by atoms with Crippen LogP contribution in [0.15, 0.2) is 23.1 Å². The first-order valence-electron chi connectivity index (χ1n) is 5.93. The van der Waals surface area contributed by atoms with Crippen molar-refractivity contribution in [3.8, 4) is 0 Å². The molecule has 0 amide bonds. The van der Waals surface area contributed by atoms with Crippen LogP contribution in [-0.4, -0.2) is 39.4 Å². The number of methoxy groups -OCH3 is 1. The number of ether oxygens (including phenoxy) is 1. The van der Waals surface area contributed by atoms with Gasteiger partial charge in [0.15, 0.2) is 15.0 Å². The van der Waals surface area contributed by atoms with E-state index in [1.807, 2.05) is 0 Å². The number of hydrogen-bond acceptors (Lipinski definition) is 6. The second kappa shape index (κ2) is 5.85. The fourth-order valence-corrected chi connectivity index (χ4v) is 3.51. The maximum atomic E-state index is 11.8. The molecular formula is C12H16N2O3S2. The van der Waals surface area contributed by atoms with Crippen molar-refractivity contribution in [2.45, 2.75) is 11.8 Å². The first kappa shape index (κ1) is 14.2. The average Bonchev–Trinajstić information content (AvgIpc) is 2.80. The molecule has 0 unspecified atom stereocenters. The van der Waals surface area contributed by atoms with Gasteiger partial charge in [-0.05, 0) is 18.2 Å². The number of fused-ring (bicyclic) bond motifs is 1. The highest BCUT2D eigenvalue weighted by molar-refractivity contribution is 7.91. The Bertz CT molecular complexity index is 665. The summed E-state index contributed by atoms with van der Waals surface area (Å²) in [6.45, 7) is 2.92. The van der Waals surface area contributed by atoms with Crippen LogP contribution >= 0.6 is 11.3 Å². The van der Waals surface area contributed by atoms with Gasteiger partial charge in [0.05, 0.1) is 27.5 Å². The molecule has 0 fully saturated rings. The van der Waals surface area contributed by atoms with E-state index in [9.17, 15) is 8.42 Å². The third-order valence-corrected chi connectivity index (χ3v) is 5.39. The first-order chi connectivity index (χ1) is 9.06. The zero-order chi connectivity index (χ0) is 13.9. The molecule has 0 saturated heterocycles. The topological polar surface area (TPSA) is 68.3 Å². The fraction of sp³-hybridized carbons (Fsp3) is 0.417. The summed E-state index contributed by atoms with van der Waals surface area (Å²) in [5.41, 5.74) is 0.806. The van der Waals surface area contributed by atoms with E-state index in [-0.39, 0.29) is 5.75 Å². The van der Waals surface area contributed by atoms with Gasteiger partial charge in [0.2, 0.25) is 0 Å². The van der Waals surface area contributed by atoms with Gasteiger partial charge in [0.1, 0.15) is 0 Å². The predicted molar refractivity (Wildman–Crippen MR) is 77.7 cm³/mol. The predicted octanol–water partition coefficient (Wildman–Crippen LogP) is 2.15. The summed E-state index contributed by atoms with van der Waals surface area (Å²) in [4.78, 5) is 4.75. The fourth-order valence-electron chi connectivity index (χ4n) is 1.60. The van der Waals surface area contributed by atoms with Crippen molar-refractivity contribution in [2.24, 2.45) is 0 Å². The minimum Gasteiger partial charge on any atom is -0.383 e. The number of thiazole rings is 1. The van der Waals surface area contributed by atoms with Crippen LogP contribution < -0.4 is 5.32 Å². The standard InChI is InChI=1S/C12H16N2O3S2/c1-3-19(15,16)9-4-5-10-11(8-9)18-12(14-10)13-6-7-17-2/h4-5,8H,3,6-7H2,1-2H3,(H,13,14). The number of rotatable bonds is 6. The van der Waals surface area contributed by atoms with Gasteiger partial charge >= 0.3 is 0 Å². The Morgan fingerprint density at radius 3 is 2.89 bits per heavy atom. The zero-order valence-corrected chi connectivity index (χ0v) is 12.5. The van der Waals surface area contributed by atoms with Crippen LogP contribution in [0.3, 0.4) is 0 Å². The van der Waals surface area contributed by atoms with Gasteiger partial charge in [-0.25, -0.2) is 13.4 Å². The summed E-state index contributed by atoms with van der Waals surface area (Å²) in [6.07, 6.45) is 0. The molecule has 1 aromatic heterocycles. The average molecular weight is 300 g/mol. The van der Waals surface area contributed by atoms with Crippen LogP contribution in [-0.2, 0) is 14.6 Å². The molecule has 104 valence electrons. The zero-order valence-electron chi connectivity index (χ0n) is 10.8. The SMILES string of the molecule is CCS(=O)(=O)c1ccc2nc(NCCOC)sc2c1. The molecule has 5 nitrogen and oxygen atoms in total. The van der Waals surface area contributed by atoms with E-state index in [2.05, 4.69) is 10.3 Å². The lowest BCUT2D eigenvalue weighted by Gasteiger charge is -1.99. The van der Waals surface area contributed by atoms with E-state index in [4.69, 9.17) is 4.74 Å². The molecule has 0 aliphatic heterocycles. The van der Waals surface area contributed by atoms with Crippen LogP contribution in [0.25, 0.3) is 10.2 Å². The monoisotopic (exact) mass is 300 g/mol. The Kier molecular flexibility index (Phi) is 4.38. The third kappa shape index (κ3) is 3.23. The highest BCUT2D eigenvalue weighted by atomic mass is 32.2. The minimum atomic E-state index is -3.16. The largest absolute Gasteiger partial charge is 0.383 e. The minimum absolute atomic E-state index is 0.107. The van der Waals surface area contributed by atoms with Crippen LogP contribution in [0.4, 0.5) is 5.13 Å². The Morgan fingerprint density at radius 2 is 2.21 bits per heavy atom.